The number of hydrogen-bond acceptors (Lipinski definition) is 4. The van der Waals surface area contributed by atoms with Crippen LogP contribution in [0.25, 0.3) is 5.69 Å². The van der Waals surface area contributed by atoms with E-state index in [1.54, 1.807) is 34.9 Å². The van der Waals surface area contributed by atoms with Gasteiger partial charge in [0.25, 0.3) is 5.91 Å². The van der Waals surface area contributed by atoms with E-state index in [-0.39, 0.29) is 11.7 Å². The smallest absolute Gasteiger partial charge is 0.272 e. The molecule has 1 amide bonds. The van der Waals surface area contributed by atoms with Gasteiger partial charge in [-0.1, -0.05) is 42.1 Å². The van der Waals surface area contributed by atoms with Gasteiger partial charge in [-0.25, -0.2) is 9.37 Å². The Kier molecular flexibility index (Phi) is 6.84. The molecule has 0 radical (unpaired) electrons. The van der Waals surface area contributed by atoms with Gasteiger partial charge >= 0.3 is 0 Å². The molecule has 0 atom stereocenters. The zero-order chi connectivity index (χ0) is 19.9. The SMILES string of the molecule is COCCN(Cc1ccccc1)C(=O)c1cnc(SC)n1-c1ccc(F)cc1. The van der Waals surface area contributed by atoms with Crippen molar-refractivity contribution in [3.63, 3.8) is 0 Å². The third kappa shape index (κ3) is 4.61. The van der Waals surface area contributed by atoms with Gasteiger partial charge in [-0.05, 0) is 36.1 Å². The van der Waals surface area contributed by atoms with Gasteiger partial charge in [-0.2, -0.15) is 0 Å². The number of hydrogen-bond donors (Lipinski definition) is 0. The monoisotopic (exact) mass is 399 g/mol. The van der Waals surface area contributed by atoms with E-state index in [0.29, 0.717) is 36.2 Å². The molecule has 2 aromatic carbocycles. The van der Waals surface area contributed by atoms with Crippen LogP contribution in [0.15, 0.2) is 66.0 Å². The molecule has 28 heavy (non-hydrogen) atoms. The fraction of sp³-hybridized carbons (Fsp3) is 0.238. The van der Waals surface area contributed by atoms with E-state index in [0.717, 1.165) is 5.56 Å². The number of benzene rings is 2. The van der Waals surface area contributed by atoms with Gasteiger partial charge < -0.3 is 9.64 Å². The molecule has 0 bridgehead atoms. The summed E-state index contributed by atoms with van der Waals surface area (Å²) in [6.45, 7) is 1.35. The minimum atomic E-state index is -0.326. The standard InChI is InChI=1S/C21H22FN3O2S/c1-27-13-12-24(15-16-6-4-3-5-7-16)20(26)19-14-23-21(28-2)25(19)18-10-8-17(22)9-11-18/h3-11,14H,12-13,15H2,1-2H3. The lowest BCUT2D eigenvalue weighted by Gasteiger charge is -2.23. The van der Waals surface area contributed by atoms with Crippen molar-refractivity contribution in [3.05, 3.63) is 77.9 Å². The Labute approximate surface area is 168 Å². The number of imidazole rings is 1. The highest BCUT2D eigenvalue weighted by molar-refractivity contribution is 7.98. The number of ether oxygens (including phenoxy) is 1. The molecule has 0 N–H and O–H groups in total. The Hall–Kier alpha value is -2.64. The number of methoxy groups -OCH3 is 1. The number of carbonyl (C=O) groups excluding carboxylic acids is 1. The summed E-state index contributed by atoms with van der Waals surface area (Å²) in [6.07, 6.45) is 3.46. The first-order valence-electron chi connectivity index (χ1n) is 8.84. The van der Waals surface area contributed by atoms with Crippen LogP contribution in [0.4, 0.5) is 4.39 Å². The van der Waals surface area contributed by atoms with Gasteiger partial charge in [-0.3, -0.25) is 9.36 Å². The lowest BCUT2D eigenvalue weighted by molar-refractivity contribution is 0.0672. The molecule has 0 saturated carbocycles. The van der Waals surface area contributed by atoms with Gasteiger partial charge in [0.15, 0.2) is 5.16 Å². The maximum atomic E-state index is 13.4. The van der Waals surface area contributed by atoms with Crippen LogP contribution < -0.4 is 0 Å². The largest absolute Gasteiger partial charge is 0.383 e. The number of nitrogens with zero attached hydrogens (tertiary/aromatic N) is 3. The molecule has 0 spiro atoms. The van der Waals surface area contributed by atoms with E-state index < -0.39 is 0 Å². The molecule has 1 aromatic heterocycles. The summed E-state index contributed by atoms with van der Waals surface area (Å²) < 4.78 is 20.3. The fourth-order valence-corrected chi connectivity index (χ4v) is 3.43. The lowest BCUT2D eigenvalue weighted by Crippen LogP contribution is -2.34. The topological polar surface area (TPSA) is 47.4 Å². The molecule has 0 fully saturated rings. The van der Waals surface area contributed by atoms with E-state index >= 15 is 0 Å². The van der Waals surface area contributed by atoms with Crippen LogP contribution in [-0.4, -0.2) is 46.9 Å². The van der Waals surface area contributed by atoms with E-state index in [1.807, 2.05) is 36.6 Å². The third-order valence-electron chi connectivity index (χ3n) is 4.28. The van der Waals surface area contributed by atoms with Gasteiger partial charge in [0.1, 0.15) is 11.5 Å². The Morgan fingerprint density at radius 3 is 2.54 bits per heavy atom. The molecule has 3 aromatic rings. The molecule has 1 heterocycles. The predicted molar refractivity (Wildman–Crippen MR) is 108 cm³/mol. The first-order valence-corrected chi connectivity index (χ1v) is 10.1. The minimum Gasteiger partial charge on any atom is -0.383 e. The molecule has 7 heteroatoms. The summed E-state index contributed by atoms with van der Waals surface area (Å²) in [5.41, 5.74) is 2.16. The number of aromatic nitrogens is 2. The molecule has 0 saturated heterocycles. The molecule has 3 rings (SSSR count). The Morgan fingerprint density at radius 1 is 1.18 bits per heavy atom. The highest BCUT2D eigenvalue weighted by atomic mass is 32.2. The fourth-order valence-electron chi connectivity index (χ4n) is 2.89. The molecule has 0 aliphatic rings. The summed E-state index contributed by atoms with van der Waals surface area (Å²) in [6, 6.07) is 15.8. The zero-order valence-corrected chi connectivity index (χ0v) is 16.7. The van der Waals surface area contributed by atoms with Crippen molar-refractivity contribution in [1.82, 2.24) is 14.5 Å². The average molecular weight is 399 g/mol. The van der Waals surface area contributed by atoms with Crippen LogP contribution in [0.1, 0.15) is 16.1 Å². The Balaban J connectivity index is 1.96. The molecular formula is C21H22FN3O2S. The molecule has 0 unspecified atom stereocenters. The van der Waals surface area contributed by atoms with Crippen LogP contribution in [-0.2, 0) is 11.3 Å². The van der Waals surface area contributed by atoms with E-state index in [2.05, 4.69) is 4.98 Å². The summed E-state index contributed by atoms with van der Waals surface area (Å²) in [5, 5.41) is 0.668. The third-order valence-corrected chi connectivity index (χ3v) is 4.94. The lowest BCUT2D eigenvalue weighted by atomic mass is 10.2. The second kappa shape index (κ2) is 9.52. The van der Waals surface area contributed by atoms with Gasteiger partial charge in [0.05, 0.1) is 12.8 Å². The summed E-state index contributed by atoms with van der Waals surface area (Å²) in [5.74, 6) is -0.480. The van der Waals surface area contributed by atoms with E-state index in [9.17, 15) is 9.18 Å². The first-order chi connectivity index (χ1) is 13.6. The summed E-state index contributed by atoms with van der Waals surface area (Å²) in [4.78, 5) is 19.5. The van der Waals surface area contributed by atoms with Gasteiger partial charge in [0, 0.05) is 25.9 Å². The van der Waals surface area contributed by atoms with E-state index in [1.165, 1.54) is 23.9 Å². The quantitative estimate of drug-likeness (QED) is 0.537. The maximum absolute atomic E-state index is 13.4. The molecule has 0 aliphatic heterocycles. The number of thioether (sulfide) groups is 1. The van der Waals surface area contributed by atoms with Crippen molar-refractivity contribution >= 4 is 17.7 Å². The molecule has 0 aliphatic carbocycles. The van der Waals surface area contributed by atoms with E-state index in [4.69, 9.17) is 4.74 Å². The minimum absolute atomic E-state index is 0.155. The van der Waals surface area contributed by atoms with Crippen LogP contribution >= 0.6 is 11.8 Å². The Bertz CT molecular complexity index is 913. The second-order valence-corrected chi connectivity index (χ2v) is 6.92. The number of rotatable bonds is 8. The van der Waals surface area contributed by atoms with Crippen molar-refractivity contribution in [3.8, 4) is 5.69 Å². The molecular weight excluding hydrogens is 377 g/mol. The second-order valence-electron chi connectivity index (χ2n) is 6.15. The number of amides is 1. The molecule has 146 valence electrons. The van der Waals surface area contributed by atoms with Crippen molar-refractivity contribution in [2.24, 2.45) is 0 Å². The first kappa shape index (κ1) is 20.1. The van der Waals surface area contributed by atoms with Crippen LogP contribution in [0.3, 0.4) is 0 Å². The highest BCUT2D eigenvalue weighted by Gasteiger charge is 2.23. The summed E-state index contributed by atoms with van der Waals surface area (Å²) >= 11 is 1.43. The summed E-state index contributed by atoms with van der Waals surface area (Å²) in [7, 11) is 1.61. The zero-order valence-electron chi connectivity index (χ0n) is 15.8. The van der Waals surface area contributed by atoms with Gasteiger partial charge in [-0.15, -0.1) is 0 Å². The van der Waals surface area contributed by atoms with Crippen LogP contribution in [0, 0.1) is 5.82 Å². The van der Waals surface area contributed by atoms with Gasteiger partial charge in [0.2, 0.25) is 0 Å². The van der Waals surface area contributed by atoms with Crippen LogP contribution in [0.2, 0.25) is 0 Å². The predicted octanol–water partition coefficient (Wildman–Crippen LogP) is 4.02. The Morgan fingerprint density at radius 2 is 1.89 bits per heavy atom. The van der Waals surface area contributed by atoms with Crippen LogP contribution in [0.5, 0.6) is 0 Å². The molecule has 5 nitrogen and oxygen atoms in total. The number of halogens is 1. The number of carbonyl (C=O) groups is 1. The van der Waals surface area contributed by atoms with Crippen molar-refractivity contribution < 1.29 is 13.9 Å². The average Bonchev–Trinajstić information content (AvgIpc) is 3.16. The van der Waals surface area contributed by atoms with Crippen molar-refractivity contribution in [2.45, 2.75) is 11.7 Å². The maximum Gasteiger partial charge on any atom is 0.272 e. The highest BCUT2D eigenvalue weighted by Crippen LogP contribution is 2.23. The normalized spacial score (nSPS) is 10.8. The van der Waals surface area contributed by atoms with Crippen molar-refractivity contribution in [1.29, 1.82) is 0 Å². The van der Waals surface area contributed by atoms with Crippen molar-refractivity contribution in [2.75, 3.05) is 26.5 Å².